The first-order chi connectivity index (χ1) is 16.2. The number of carbonyl (C=O) groups excluding carboxylic acids is 1. The summed E-state index contributed by atoms with van der Waals surface area (Å²) in [5.74, 6) is 0.692. The highest BCUT2D eigenvalue weighted by atomic mass is 32.2. The molecule has 1 N–H and O–H groups in total. The molecule has 1 amide bonds. The Morgan fingerprint density at radius 1 is 0.941 bits per heavy atom. The maximum absolute atomic E-state index is 13.0. The van der Waals surface area contributed by atoms with Crippen LogP contribution in [0.1, 0.15) is 43.6 Å². The van der Waals surface area contributed by atoms with E-state index in [1.54, 1.807) is 58.2 Å². The molecule has 0 spiro atoms. The quantitative estimate of drug-likeness (QED) is 0.456. The SMILES string of the molecule is CCN(CC)CCOc1cc(NC(=O)c2ccc(C)c(S(=O)(=O)N(CC)CC)c2)ccc1OC. The van der Waals surface area contributed by atoms with Gasteiger partial charge in [-0.3, -0.25) is 4.79 Å². The Balaban J connectivity index is 2.24. The molecule has 2 aromatic carbocycles. The lowest BCUT2D eigenvalue weighted by Crippen LogP contribution is -2.31. The monoisotopic (exact) mass is 491 g/mol. The van der Waals surface area contributed by atoms with Crippen LogP contribution in [0, 0.1) is 6.92 Å². The van der Waals surface area contributed by atoms with Crippen molar-refractivity contribution in [2.75, 3.05) is 51.8 Å². The van der Waals surface area contributed by atoms with Gasteiger partial charge in [0.1, 0.15) is 6.61 Å². The van der Waals surface area contributed by atoms with Crippen LogP contribution in [0.5, 0.6) is 11.5 Å². The van der Waals surface area contributed by atoms with Crippen LogP contribution < -0.4 is 14.8 Å². The molecular weight excluding hydrogens is 454 g/mol. The summed E-state index contributed by atoms with van der Waals surface area (Å²) in [6, 6.07) is 9.87. The fourth-order valence-corrected chi connectivity index (χ4v) is 5.33. The number of carbonyl (C=O) groups is 1. The Kier molecular flexibility index (Phi) is 10.3. The van der Waals surface area contributed by atoms with Gasteiger partial charge in [0.15, 0.2) is 11.5 Å². The van der Waals surface area contributed by atoms with Gasteiger partial charge >= 0.3 is 0 Å². The summed E-state index contributed by atoms with van der Waals surface area (Å²) in [6.45, 7) is 13.4. The van der Waals surface area contributed by atoms with Gasteiger partial charge in [-0.05, 0) is 49.8 Å². The molecule has 0 radical (unpaired) electrons. The molecule has 34 heavy (non-hydrogen) atoms. The maximum atomic E-state index is 13.0. The smallest absolute Gasteiger partial charge is 0.255 e. The molecule has 188 valence electrons. The number of sulfonamides is 1. The van der Waals surface area contributed by atoms with Gasteiger partial charge in [-0.15, -0.1) is 0 Å². The number of ether oxygens (including phenoxy) is 2. The molecule has 8 nitrogen and oxygen atoms in total. The molecule has 0 heterocycles. The van der Waals surface area contributed by atoms with Crippen molar-refractivity contribution in [3.63, 3.8) is 0 Å². The van der Waals surface area contributed by atoms with Crippen LogP contribution in [0.3, 0.4) is 0 Å². The van der Waals surface area contributed by atoms with E-state index >= 15 is 0 Å². The van der Waals surface area contributed by atoms with Gasteiger partial charge in [0.25, 0.3) is 5.91 Å². The highest BCUT2D eigenvalue weighted by Gasteiger charge is 2.24. The first-order valence-corrected chi connectivity index (χ1v) is 13.1. The average molecular weight is 492 g/mol. The van der Waals surface area contributed by atoms with Gasteiger partial charge in [-0.1, -0.05) is 33.8 Å². The summed E-state index contributed by atoms with van der Waals surface area (Å²) in [7, 11) is -2.12. The molecule has 0 aromatic heterocycles. The van der Waals surface area contributed by atoms with Gasteiger partial charge in [0.2, 0.25) is 10.0 Å². The van der Waals surface area contributed by atoms with Crippen molar-refractivity contribution >= 4 is 21.6 Å². The summed E-state index contributed by atoms with van der Waals surface area (Å²) < 4.78 is 38.7. The molecule has 9 heteroatoms. The zero-order chi connectivity index (χ0) is 25.3. The van der Waals surface area contributed by atoms with E-state index in [2.05, 4.69) is 24.1 Å². The number of anilines is 1. The Hall–Kier alpha value is -2.62. The van der Waals surface area contributed by atoms with Crippen molar-refractivity contribution in [3.05, 3.63) is 47.5 Å². The first kappa shape index (κ1) is 27.6. The lowest BCUT2D eigenvalue weighted by molar-refractivity contribution is 0.102. The molecule has 0 bridgehead atoms. The van der Waals surface area contributed by atoms with Crippen LogP contribution in [0.15, 0.2) is 41.3 Å². The number of benzene rings is 2. The summed E-state index contributed by atoms with van der Waals surface area (Å²) in [5, 5.41) is 2.83. The van der Waals surface area contributed by atoms with Crippen molar-refractivity contribution in [1.82, 2.24) is 9.21 Å². The third kappa shape index (κ3) is 6.71. The molecule has 0 saturated heterocycles. The molecule has 2 rings (SSSR count). The second-order valence-corrected chi connectivity index (χ2v) is 9.67. The molecule has 0 aliphatic carbocycles. The number of methoxy groups -OCH3 is 1. The van der Waals surface area contributed by atoms with Gasteiger partial charge in [-0.25, -0.2) is 8.42 Å². The lowest BCUT2D eigenvalue weighted by atomic mass is 10.1. The fourth-order valence-electron chi connectivity index (χ4n) is 3.62. The average Bonchev–Trinajstić information content (AvgIpc) is 2.82. The van der Waals surface area contributed by atoms with E-state index in [9.17, 15) is 13.2 Å². The van der Waals surface area contributed by atoms with Gasteiger partial charge in [0.05, 0.1) is 12.0 Å². The largest absolute Gasteiger partial charge is 0.493 e. The number of nitrogens with one attached hydrogen (secondary N) is 1. The van der Waals surface area contributed by atoms with E-state index in [0.29, 0.717) is 42.4 Å². The Labute approximate surface area is 203 Å². The van der Waals surface area contributed by atoms with E-state index in [1.165, 1.54) is 10.4 Å². The fraction of sp³-hybridized carbons (Fsp3) is 0.480. The number of rotatable bonds is 13. The van der Waals surface area contributed by atoms with Crippen LogP contribution in [0.25, 0.3) is 0 Å². The van der Waals surface area contributed by atoms with E-state index in [1.807, 2.05) is 0 Å². The molecule has 0 atom stereocenters. The van der Waals surface area contributed by atoms with Gasteiger partial charge in [-0.2, -0.15) is 4.31 Å². The first-order valence-electron chi connectivity index (χ1n) is 11.7. The Morgan fingerprint density at radius 3 is 2.21 bits per heavy atom. The summed E-state index contributed by atoms with van der Waals surface area (Å²) in [6.07, 6.45) is 0. The van der Waals surface area contributed by atoms with Crippen molar-refractivity contribution in [3.8, 4) is 11.5 Å². The number of hydrogen-bond acceptors (Lipinski definition) is 6. The van der Waals surface area contributed by atoms with Crippen LogP contribution in [0.2, 0.25) is 0 Å². The number of aryl methyl sites for hydroxylation is 1. The zero-order valence-electron chi connectivity index (χ0n) is 21.1. The predicted octanol–water partition coefficient (Wildman–Crippen LogP) is 4.01. The van der Waals surface area contributed by atoms with E-state index < -0.39 is 15.9 Å². The van der Waals surface area contributed by atoms with Crippen LogP contribution in [0.4, 0.5) is 5.69 Å². The Morgan fingerprint density at radius 2 is 1.62 bits per heavy atom. The third-order valence-corrected chi connectivity index (χ3v) is 7.95. The van der Waals surface area contributed by atoms with E-state index in [4.69, 9.17) is 9.47 Å². The normalized spacial score (nSPS) is 11.6. The topological polar surface area (TPSA) is 88.2 Å². The minimum atomic E-state index is -3.69. The molecular formula is C25H37N3O5S. The molecule has 0 unspecified atom stereocenters. The standard InChI is InChI=1S/C25H37N3O5S/c1-7-27(8-2)15-16-33-23-18-21(13-14-22(23)32-6)26-25(29)20-12-11-19(5)24(17-20)34(30,31)28(9-3)10-4/h11-14,17-18H,7-10,15-16H2,1-6H3,(H,26,29). The van der Waals surface area contributed by atoms with Crippen molar-refractivity contribution in [2.45, 2.75) is 39.5 Å². The molecule has 0 saturated carbocycles. The highest BCUT2D eigenvalue weighted by Crippen LogP contribution is 2.30. The van der Waals surface area contributed by atoms with E-state index in [0.717, 1.165) is 19.6 Å². The summed E-state index contributed by atoms with van der Waals surface area (Å²) in [4.78, 5) is 15.3. The molecule has 0 aliphatic rings. The minimum absolute atomic E-state index is 0.138. The van der Waals surface area contributed by atoms with Crippen molar-refractivity contribution in [2.24, 2.45) is 0 Å². The van der Waals surface area contributed by atoms with Crippen molar-refractivity contribution in [1.29, 1.82) is 0 Å². The second-order valence-electron chi connectivity index (χ2n) is 7.76. The molecule has 2 aromatic rings. The van der Waals surface area contributed by atoms with Gasteiger partial charge < -0.3 is 19.7 Å². The van der Waals surface area contributed by atoms with E-state index in [-0.39, 0.29) is 10.5 Å². The van der Waals surface area contributed by atoms with Crippen molar-refractivity contribution < 1.29 is 22.7 Å². The highest BCUT2D eigenvalue weighted by molar-refractivity contribution is 7.89. The van der Waals surface area contributed by atoms with Crippen LogP contribution in [-0.2, 0) is 10.0 Å². The lowest BCUT2D eigenvalue weighted by Gasteiger charge is -2.20. The second kappa shape index (κ2) is 12.7. The number of nitrogens with zero attached hydrogens (tertiary/aromatic N) is 2. The Bertz CT molecular complexity index is 1060. The molecule has 0 aliphatic heterocycles. The van der Waals surface area contributed by atoms with Gasteiger partial charge in [0, 0.05) is 37.0 Å². The zero-order valence-corrected chi connectivity index (χ0v) is 21.9. The number of amides is 1. The summed E-state index contributed by atoms with van der Waals surface area (Å²) >= 11 is 0. The third-order valence-electron chi connectivity index (χ3n) is 5.75. The number of likely N-dealkylation sites (N-methyl/N-ethyl adjacent to an activating group) is 1. The van der Waals surface area contributed by atoms with Crippen LogP contribution >= 0.6 is 0 Å². The summed E-state index contributed by atoms with van der Waals surface area (Å²) in [5.41, 5.74) is 1.38. The maximum Gasteiger partial charge on any atom is 0.255 e. The number of hydrogen-bond donors (Lipinski definition) is 1. The van der Waals surface area contributed by atoms with Crippen LogP contribution in [-0.4, -0.2) is 70.0 Å². The predicted molar refractivity (Wildman–Crippen MR) is 136 cm³/mol. The molecule has 0 fully saturated rings. The minimum Gasteiger partial charge on any atom is -0.493 e.